The van der Waals surface area contributed by atoms with Gasteiger partial charge in [0.2, 0.25) is 11.8 Å². The van der Waals surface area contributed by atoms with Crippen molar-refractivity contribution in [3.63, 3.8) is 0 Å². The predicted octanol–water partition coefficient (Wildman–Crippen LogP) is 7.91. The molecular formula is C44H51IN8O7. The number of carbonyl (C=O) groups excluding carboxylic acids is 4. The zero-order valence-electron chi connectivity index (χ0n) is 34.6. The van der Waals surface area contributed by atoms with Crippen LogP contribution in [0.3, 0.4) is 0 Å². The molecule has 2 saturated heterocycles. The smallest absolute Gasteiger partial charge is 0.407 e. The quantitative estimate of drug-likeness (QED) is 0.0614. The van der Waals surface area contributed by atoms with Crippen molar-refractivity contribution in [1.82, 2.24) is 40.4 Å². The first kappa shape index (κ1) is 41.3. The Balaban J connectivity index is 1.03. The Kier molecular flexibility index (Phi) is 11.7. The Bertz CT molecular complexity index is 2470. The summed E-state index contributed by atoms with van der Waals surface area (Å²) < 4.78 is 16.0. The third-order valence-corrected chi connectivity index (χ3v) is 13.5. The fraction of sp³-hybridized carbons (Fsp3) is 0.455. The highest BCUT2D eigenvalue weighted by Gasteiger charge is 2.42. The van der Waals surface area contributed by atoms with E-state index in [1.165, 1.54) is 14.2 Å². The third-order valence-electron chi connectivity index (χ3n) is 12.3. The summed E-state index contributed by atoms with van der Waals surface area (Å²) >= 11 is 2.33. The first-order valence-electron chi connectivity index (χ1n) is 20.6. The fourth-order valence-electron chi connectivity index (χ4n) is 9.00. The number of fused-ring (bicyclic) bond motifs is 6. The van der Waals surface area contributed by atoms with Crippen molar-refractivity contribution in [3.8, 4) is 28.1 Å². The number of nitrogens with one attached hydrogen (secondary N) is 4. The van der Waals surface area contributed by atoms with Crippen molar-refractivity contribution in [2.75, 3.05) is 20.8 Å². The fourth-order valence-corrected chi connectivity index (χ4v) is 10.0. The van der Waals surface area contributed by atoms with E-state index in [4.69, 9.17) is 24.2 Å². The number of H-pyrrole nitrogens is 2. The van der Waals surface area contributed by atoms with Gasteiger partial charge in [0.1, 0.15) is 30.0 Å². The molecule has 3 aliphatic rings. The maximum atomic E-state index is 13.9. The second kappa shape index (κ2) is 16.9. The van der Waals surface area contributed by atoms with E-state index in [0.29, 0.717) is 18.9 Å². The lowest BCUT2D eigenvalue weighted by Crippen LogP contribution is -2.52. The normalized spacial score (nSPS) is 20.7. The van der Waals surface area contributed by atoms with E-state index in [0.717, 1.165) is 87.0 Å². The summed E-state index contributed by atoms with van der Waals surface area (Å²) in [6.45, 7) is 8.39. The number of alkyl carbamates (subject to hydrolysis) is 2. The summed E-state index contributed by atoms with van der Waals surface area (Å²) in [5, 5.41) is 7.44. The lowest BCUT2D eigenvalue weighted by molar-refractivity contribution is -0.138. The van der Waals surface area contributed by atoms with Crippen LogP contribution in [0.2, 0.25) is 0 Å². The van der Waals surface area contributed by atoms with E-state index in [1.54, 1.807) is 0 Å². The van der Waals surface area contributed by atoms with Crippen LogP contribution in [-0.2, 0) is 25.7 Å². The molecule has 0 aliphatic carbocycles. The minimum absolute atomic E-state index is 0.00606. The summed E-state index contributed by atoms with van der Waals surface area (Å²) in [6.07, 6.45) is 4.42. The van der Waals surface area contributed by atoms with Gasteiger partial charge in [0.25, 0.3) is 0 Å². The highest BCUT2D eigenvalue weighted by molar-refractivity contribution is 14.1. The zero-order chi connectivity index (χ0) is 42.4. The second-order valence-corrected chi connectivity index (χ2v) is 17.7. The first-order chi connectivity index (χ1) is 28.9. The molecule has 2 unspecified atom stereocenters. The highest BCUT2D eigenvalue weighted by atomic mass is 127. The average Bonchev–Trinajstić information content (AvgIpc) is 4.07. The number of hydrogen-bond acceptors (Lipinski definition) is 9. The molecule has 8 rings (SSSR count). The van der Waals surface area contributed by atoms with Crippen molar-refractivity contribution >= 4 is 68.4 Å². The van der Waals surface area contributed by atoms with E-state index in [9.17, 15) is 19.2 Å². The molecule has 60 heavy (non-hydrogen) atoms. The van der Waals surface area contributed by atoms with Gasteiger partial charge < -0.3 is 44.6 Å². The molecule has 2 fully saturated rings. The molecule has 3 aromatic carbocycles. The number of methoxy groups -OCH3 is 2. The molecule has 0 bridgehead atoms. The van der Waals surface area contributed by atoms with Gasteiger partial charge in [-0.3, -0.25) is 9.59 Å². The Hall–Kier alpha value is -5.39. The maximum absolute atomic E-state index is 13.9. The van der Waals surface area contributed by atoms with Crippen LogP contribution in [0.5, 0.6) is 5.75 Å². The van der Waals surface area contributed by atoms with E-state index in [-0.39, 0.29) is 52.4 Å². The van der Waals surface area contributed by atoms with E-state index in [2.05, 4.69) is 79.6 Å². The van der Waals surface area contributed by atoms with Crippen molar-refractivity contribution in [2.24, 2.45) is 11.8 Å². The number of nitrogens with zero attached hydrogens (tertiary/aromatic N) is 4. The van der Waals surface area contributed by atoms with Crippen molar-refractivity contribution < 1.29 is 33.4 Å². The average molecular weight is 931 g/mol. The van der Waals surface area contributed by atoms with Crippen LogP contribution >= 0.6 is 22.6 Å². The summed E-state index contributed by atoms with van der Waals surface area (Å²) in [4.78, 5) is 72.3. The van der Waals surface area contributed by atoms with E-state index in [1.807, 2.05) is 49.8 Å². The first-order valence-corrected chi connectivity index (χ1v) is 21.9. The Morgan fingerprint density at radius 1 is 0.917 bits per heavy atom. The maximum Gasteiger partial charge on any atom is 0.407 e. The zero-order valence-corrected chi connectivity index (χ0v) is 36.8. The Morgan fingerprint density at radius 2 is 1.68 bits per heavy atom. The monoisotopic (exact) mass is 930 g/mol. The molecule has 4 amide bonds. The van der Waals surface area contributed by atoms with Crippen LogP contribution in [0.1, 0.15) is 89.1 Å². The van der Waals surface area contributed by atoms with E-state index < -0.39 is 18.2 Å². The van der Waals surface area contributed by atoms with Crippen LogP contribution in [0.15, 0.2) is 48.7 Å². The molecule has 15 nitrogen and oxygen atoms in total. The number of carbonyl (C=O) groups is 4. The number of aromatic amines is 2. The number of benzene rings is 3. The van der Waals surface area contributed by atoms with Crippen molar-refractivity contribution in [3.05, 3.63) is 65.9 Å². The van der Waals surface area contributed by atoms with E-state index >= 15 is 0 Å². The molecule has 2 aromatic heterocycles. The minimum atomic E-state index is -0.717. The van der Waals surface area contributed by atoms with Gasteiger partial charge in [-0.1, -0.05) is 61.6 Å². The van der Waals surface area contributed by atoms with Crippen molar-refractivity contribution in [1.29, 1.82) is 0 Å². The predicted molar refractivity (Wildman–Crippen MR) is 234 cm³/mol. The summed E-state index contributed by atoms with van der Waals surface area (Å²) in [7, 11) is 2.60. The minimum Gasteiger partial charge on any atom is -0.488 e. The summed E-state index contributed by atoms with van der Waals surface area (Å²) in [6, 6.07) is 13.5. The van der Waals surface area contributed by atoms with Gasteiger partial charge in [-0.05, 0) is 91.3 Å². The molecular weight excluding hydrogens is 879 g/mol. The Labute approximate surface area is 361 Å². The largest absolute Gasteiger partial charge is 0.488 e. The number of imidazole rings is 2. The van der Waals surface area contributed by atoms with Crippen LogP contribution < -0.4 is 15.4 Å². The third kappa shape index (κ3) is 7.62. The SMILES string of the molecule is CCC(CNC(=O)OC)C(=O)N1[C@@H](I)CC[C@H]1c1nc2ccc3cc4c(cc3c2[nH]1)OCc1cc(-c2cnc(C3CC[C@H](C)N3C(=O)[C@@H](NC(=O)OC)C(C)C)[nH]2)ccc1-4. The number of likely N-dealkylation sites (tertiary alicyclic amines) is 2. The number of ether oxygens (including phenoxy) is 3. The lowest BCUT2D eigenvalue weighted by Gasteiger charge is -2.32. The molecule has 3 aliphatic heterocycles. The highest BCUT2D eigenvalue weighted by Crippen LogP contribution is 2.44. The molecule has 16 heteroatoms. The van der Waals surface area contributed by atoms with Crippen LogP contribution in [0, 0.1) is 11.8 Å². The molecule has 0 spiro atoms. The number of amides is 4. The van der Waals surface area contributed by atoms with Gasteiger partial charge in [0.05, 0.1) is 59.2 Å². The number of rotatable bonds is 10. The van der Waals surface area contributed by atoms with Gasteiger partial charge >= 0.3 is 12.2 Å². The molecule has 316 valence electrons. The lowest BCUT2D eigenvalue weighted by atomic mass is 9.92. The van der Waals surface area contributed by atoms with Crippen LogP contribution in [0.25, 0.3) is 44.2 Å². The molecule has 5 aromatic rings. The van der Waals surface area contributed by atoms with Gasteiger partial charge in [0, 0.05) is 23.5 Å². The molecule has 6 atom stereocenters. The topological polar surface area (TPSA) is 184 Å². The number of hydrogen-bond donors (Lipinski definition) is 4. The van der Waals surface area contributed by atoms with Gasteiger partial charge in [-0.15, -0.1) is 0 Å². The van der Waals surface area contributed by atoms with Crippen LogP contribution in [0.4, 0.5) is 9.59 Å². The van der Waals surface area contributed by atoms with Gasteiger partial charge in [-0.25, -0.2) is 19.6 Å². The molecule has 0 radical (unpaired) electrons. The number of alkyl halides is 1. The van der Waals surface area contributed by atoms with Crippen LogP contribution in [-0.4, -0.2) is 90.6 Å². The summed E-state index contributed by atoms with van der Waals surface area (Å²) in [5.74, 6) is 1.58. The second-order valence-electron chi connectivity index (χ2n) is 16.3. The number of halogens is 1. The van der Waals surface area contributed by atoms with Gasteiger partial charge in [0.15, 0.2) is 0 Å². The molecule has 5 heterocycles. The molecule has 0 saturated carbocycles. The standard InChI is InChI=1S/C44H51IN8O7/c1-7-24(19-47-43(56)58-5)41(54)53-34(14-15-36(53)45)40-48-31-12-10-25-17-30-28-11-9-26(16-27(28)21-60-35(30)18-29(25)38(31)50-40)32-20-46-39(49-32)33-13-8-23(4)52(33)42(55)37(22(2)3)51-44(57)59-6/h9-12,16-18,20,22-24,33-34,36-37H,7-8,13-15,19,21H2,1-6H3,(H,46,49)(H,47,56)(H,48,50)(H,51,57)/t23-,24?,33?,34-,36+,37-/m0/s1. The summed E-state index contributed by atoms with van der Waals surface area (Å²) in [5.41, 5.74) is 6.65. The van der Waals surface area contributed by atoms with Crippen molar-refractivity contribution in [2.45, 2.75) is 94.6 Å². The molecule has 4 N–H and O–H groups in total. The van der Waals surface area contributed by atoms with Gasteiger partial charge in [-0.2, -0.15) is 0 Å². The Morgan fingerprint density at radius 3 is 2.43 bits per heavy atom. The number of aromatic nitrogens is 4.